The lowest BCUT2D eigenvalue weighted by molar-refractivity contribution is 0.0973. The van der Waals surface area contributed by atoms with Gasteiger partial charge in [-0.1, -0.05) is 69.9 Å². The van der Waals surface area contributed by atoms with E-state index < -0.39 is 23.1 Å². The number of carbonyl (C=O) groups excluding carboxylic acids is 4. The maximum absolute atomic E-state index is 14.0. The molecule has 0 aliphatic heterocycles. The van der Waals surface area contributed by atoms with Gasteiger partial charge in [0.1, 0.15) is 24.3 Å². The van der Waals surface area contributed by atoms with Crippen LogP contribution in [0.1, 0.15) is 193 Å². The summed E-state index contributed by atoms with van der Waals surface area (Å²) in [4.78, 5) is 56.0. The van der Waals surface area contributed by atoms with Crippen molar-refractivity contribution in [2.24, 2.45) is 0 Å². The van der Waals surface area contributed by atoms with Crippen LogP contribution in [0.15, 0.2) is 83.0 Å². The molecule has 0 unspecified atom stereocenters. The van der Waals surface area contributed by atoms with Gasteiger partial charge < -0.3 is 0 Å². The predicted octanol–water partition coefficient (Wildman–Crippen LogP) is 11.6. The molecular weight excluding hydrogens is 817 g/mol. The fraction of sp³-hybridized carbons (Fsp3) is 0.310. The fourth-order valence-electron chi connectivity index (χ4n) is 13.8. The van der Waals surface area contributed by atoms with Gasteiger partial charge in [-0.25, -0.2) is 0 Å². The van der Waals surface area contributed by atoms with Crippen molar-refractivity contribution >= 4 is 35.3 Å². The monoisotopic (exact) mass is 858 g/mol. The second-order valence-electron chi connectivity index (χ2n) is 19.9. The van der Waals surface area contributed by atoms with Gasteiger partial charge in [-0.2, -0.15) is 21.0 Å². The molecule has 0 amide bonds. The topological polar surface area (TPSA) is 163 Å². The van der Waals surface area contributed by atoms with Crippen LogP contribution in [0, 0.1) is 45.3 Å². The van der Waals surface area contributed by atoms with Crippen molar-refractivity contribution in [3.63, 3.8) is 0 Å². The molecule has 3 spiro atoms. The van der Waals surface area contributed by atoms with E-state index in [1.807, 2.05) is 36.4 Å². The SMILES string of the molecule is N#Cc1cc2c(cc1C#N)C(=O)C(=CC1=Cc3cc4c(cc3C13CCCCC3)-c1cc3c(cc1C41CCCCC1)C=C(C=C1C(=O)c4cc(C#N)c(C#N)cc4C1=O)C31CCCCC1)C2=O. The molecule has 3 fully saturated rings. The number of Topliss-reactive ketones (excluding diaryl/α,β-unsaturated/α-hetero) is 4. The van der Waals surface area contributed by atoms with E-state index >= 15 is 0 Å². The number of allylic oxidation sites excluding steroid dienone is 6. The third-order valence-corrected chi connectivity index (χ3v) is 16.9. The molecule has 8 heteroatoms. The summed E-state index contributed by atoms with van der Waals surface area (Å²) in [6.07, 6.45) is 23.4. The summed E-state index contributed by atoms with van der Waals surface area (Å²) in [5.41, 5.74) is 12.2. The molecule has 0 saturated heterocycles. The van der Waals surface area contributed by atoms with Gasteiger partial charge >= 0.3 is 0 Å². The third-order valence-electron chi connectivity index (χ3n) is 16.9. The molecule has 4 aromatic rings. The molecule has 0 radical (unpaired) electrons. The molecule has 8 aliphatic carbocycles. The lowest BCUT2D eigenvalue weighted by Crippen LogP contribution is -2.30. The zero-order chi connectivity index (χ0) is 45.3. The lowest BCUT2D eigenvalue weighted by Gasteiger charge is -2.38. The summed E-state index contributed by atoms with van der Waals surface area (Å²) in [5, 5.41) is 38.8. The number of benzene rings is 4. The van der Waals surface area contributed by atoms with Crippen LogP contribution < -0.4 is 0 Å². The molecular formula is C58H42N4O4. The van der Waals surface area contributed by atoms with E-state index in [2.05, 4.69) is 36.4 Å². The van der Waals surface area contributed by atoms with E-state index in [1.54, 1.807) is 0 Å². The van der Waals surface area contributed by atoms with Crippen LogP contribution in [0.3, 0.4) is 0 Å². The van der Waals surface area contributed by atoms with Crippen LogP contribution in [-0.4, -0.2) is 23.1 Å². The number of nitriles is 4. The number of nitrogens with zero attached hydrogens (tertiary/aromatic N) is 4. The second-order valence-corrected chi connectivity index (χ2v) is 19.9. The zero-order valence-corrected chi connectivity index (χ0v) is 36.5. The first-order valence-electron chi connectivity index (χ1n) is 23.5. The Morgan fingerprint density at radius 1 is 0.364 bits per heavy atom. The highest BCUT2D eigenvalue weighted by Crippen LogP contribution is 2.62. The number of fused-ring (bicyclic) bond motifs is 11. The van der Waals surface area contributed by atoms with Gasteiger partial charge in [0, 0.05) is 38.5 Å². The molecule has 0 bridgehead atoms. The van der Waals surface area contributed by atoms with Crippen LogP contribution in [0.4, 0.5) is 0 Å². The van der Waals surface area contributed by atoms with Gasteiger partial charge in [-0.3, -0.25) is 19.2 Å². The molecule has 8 nitrogen and oxygen atoms in total. The van der Waals surface area contributed by atoms with Crippen LogP contribution in [0.25, 0.3) is 23.3 Å². The number of carbonyl (C=O) groups is 4. The fourth-order valence-corrected chi connectivity index (χ4v) is 13.8. The Kier molecular flexibility index (Phi) is 8.63. The first-order chi connectivity index (χ1) is 32.1. The minimum atomic E-state index is -0.405. The molecule has 66 heavy (non-hydrogen) atoms. The summed E-state index contributed by atoms with van der Waals surface area (Å²) < 4.78 is 0. The van der Waals surface area contributed by atoms with Crippen LogP contribution in [0.5, 0.6) is 0 Å². The van der Waals surface area contributed by atoms with Gasteiger partial charge in [0.15, 0.2) is 23.1 Å². The summed E-state index contributed by atoms with van der Waals surface area (Å²) in [7, 11) is 0. The minimum absolute atomic E-state index is 0.0854. The van der Waals surface area contributed by atoms with E-state index in [0.29, 0.717) is 0 Å². The zero-order valence-electron chi connectivity index (χ0n) is 36.5. The number of rotatable bonds is 2. The van der Waals surface area contributed by atoms with Crippen molar-refractivity contribution in [2.45, 2.75) is 113 Å². The number of ketones is 4. The van der Waals surface area contributed by atoms with E-state index in [1.165, 1.54) is 64.1 Å². The van der Waals surface area contributed by atoms with E-state index in [4.69, 9.17) is 0 Å². The molecule has 318 valence electrons. The number of hydrogen-bond acceptors (Lipinski definition) is 8. The average Bonchev–Trinajstić information content (AvgIpc) is 4.03. The highest BCUT2D eigenvalue weighted by Gasteiger charge is 2.51. The standard InChI is InChI=1S/C58H42N4O4/c59-28-34-18-42-43(19-35(34)29-60)53(64)46(52(42)63)24-38-16-32-22-50-40(26-48(32)56(38)10-4-1-5-11-56)41-27-49-33(23-51(41)58(50)14-8-3-9-15-58)17-39(57(49)12-6-2-7-13-57)25-47-54(65)44-20-36(30-61)37(31-62)21-45(44)55(47)66/h16-27H,1-15H2. The molecule has 12 rings (SSSR count). The molecule has 0 aromatic heterocycles. The Morgan fingerprint density at radius 2 is 0.667 bits per heavy atom. The normalized spacial score (nSPS) is 20.7. The molecule has 4 aromatic carbocycles. The molecule has 0 heterocycles. The van der Waals surface area contributed by atoms with Gasteiger partial charge in [0.25, 0.3) is 0 Å². The van der Waals surface area contributed by atoms with Crippen molar-refractivity contribution in [3.05, 3.63) is 161 Å². The van der Waals surface area contributed by atoms with Gasteiger partial charge in [0.2, 0.25) is 0 Å². The first-order valence-corrected chi connectivity index (χ1v) is 23.5. The van der Waals surface area contributed by atoms with E-state index in [-0.39, 0.29) is 71.9 Å². The molecule has 0 N–H and O–H groups in total. The maximum Gasteiger partial charge on any atom is 0.197 e. The summed E-state index contributed by atoms with van der Waals surface area (Å²) in [6, 6.07) is 23.4. The van der Waals surface area contributed by atoms with Gasteiger partial charge in [-0.15, -0.1) is 0 Å². The van der Waals surface area contributed by atoms with Crippen molar-refractivity contribution in [2.75, 3.05) is 0 Å². The van der Waals surface area contributed by atoms with E-state index in [0.717, 1.165) is 112 Å². The quantitative estimate of drug-likeness (QED) is 0.142. The van der Waals surface area contributed by atoms with Crippen molar-refractivity contribution < 1.29 is 19.2 Å². The van der Waals surface area contributed by atoms with Crippen molar-refractivity contribution in [3.8, 4) is 35.4 Å². The largest absolute Gasteiger partial charge is 0.288 e. The highest BCUT2D eigenvalue weighted by molar-refractivity contribution is 6.40. The molecule has 8 aliphatic rings. The second kappa shape index (κ2) is 14.2. The van der Waals surface area contributed by atoms with Crippen molar-refractivity contribution in [1.29, 1.82) is 21.0 Å². The van der Waals surface area contributed by atoms with E-state index in [9.17, 15) is 40.2 Å². The van der Waals surface area contributed by atoms with Crippen LogP contribution in [0.2, 0.25) is 0 Å². The highest BCUT2D eigenvalue weighted by atomic mass is 16.2. The lowest BCUT2D eigenvalue weighted by atomic mass is 9.65. The predicted molar refractivity (Wildman–Crippen MR) is 246 cm³/mol. The Balaban J connectivity index is 0.988. The average molecular weight is 859 g/mol. The smallest absolute Gasteiger partial charge is 0.197 e. The van der Waals surface area contributed by atoms with Crippen LogP contribution >= 0.6 is 0 Å². The molecule has 0 atom stereocenters. The van der Waals surface area contributed by atoms with Gasteiger partial charge in [-0.05, 0) is 155 Å². The van der Waals surface area contributed by atoms with Gasteiger partial charge in [0.05, 0.1) is 33.4 Å². The Labute approximate surface area is 382 Å². The van der Waals surface area contributed by atoms with Crippen molar-refractivity contribution in [1.82, 2.24) is 0 Å². The maximum atomic E-state index is 14.0. The summed E-state index contributed by atoms with van der Waals surface area (Å²) in [5.74, 6) is -1.62. The Hall–Kier alpha value is -7.52. The number of hydrogen-bond donors (Lipinski definition) is 0. The summed E-state index contributed by atoms with van der Waals surface area (Å²) >= 11 is 0. The van der Waals surface area contributed by atoms with Crippen LogP contribution in [-0.2, 0) is 16.2 Å². The molecule has 3 saturated carbocycles. The third kappa shape index (κ3) is 5.22. The minimum Gasteiger partial charge on any atom is -0.288 e. The Bertz CT molecular complexity index is 3030. The Morgan fingerprint density at radius 3 is 0.970 bits per heavy atom. The summed E-state index contributed by atoms with van der Waals surface area (Å²) in [6.45, 7) is 0. The first kappa shape index (κ1) is 40.0.